The lowest BCUT2D eigenvalue weighted by Gasteiger charge is -2.29. The summed E-state index contributed by atoms with van der Waals surface area (Å²) in [6.07, 6.45) is 3.96. The molecule has 1 saturated carbocycles. The van der Waals surface area contributed by atoms with Crippen LogP contribution in [-0.4, -0.2) is 38.8 Å². The number of nitrogens with one attached hydrogen (secondary N) is 1. The lowest BCUT2D eigenvalue weighted by Crippen LogP contribution is -2.29. The summed E-state index contributed by atoms with van der Waals surface area (Å²) < 4.78 is 6.92. The van der Waals surface area contributed by atoms with Gasteiger partial charge in [0.2, 0.25) is 0 Å². The van der Waals surface area contributed by atoms with E-state index < -0.39 is 5.97 Å². The molecule has 0 radical (unpaired) electrons. The van der Waals surface area contributed by atoms with Crippen LogP contribution in [0.3, 0.4) is 0 Å². The zero-order valence-corrected chi connectivity index (χ0v) is 19.4. The first kappa shape index (κ1) is 23.0. The Bertz CT molecular complexity index is 1120. The smallest absolute Gasteiger partial charge is 0.303 e. The molecule has 174 valence electrons. The minimum Gasteiger partial charge on any atom is -0.459 e. The minimum atomic E-state index is -0.427. The van der Waals surface area contributed by atoms with Crippen molar-refractivity contribution in [1.82, 2.24) is 9.78 Å². The van der Waals surface area contributed by atoms with Gasteiger partial charge in [0.15, 0.2) is 5.78 Å². The minimum absolute atomic E-state index is 0.00223. The summed E-state index contributed by atoms with van der Waals surface area (Å²) in [7, 11) is 0. The molecule has 2 N–H and O–H groups in total. The van der Waals surface area contributed by atoms with Gasteiger partial charge in [0.1, 0.15) is 18.4 Å². The van der Waals surface area contributed by atoms with Crippen molar-refractivity contribution >= 4 is 17.4 Å². The van der Waals surface area contributed by atoms with E-state index in [0.717, 1.165) is 37.1 Å². The normalized spacial score (nSPS) is 21.7. The molecule has 0 bridgehead atoms. The van der Waals surface area contributed by atoms with Gasteiger partial charge in [-0.05, 0) is 55.7 Å². The predicted molar refractivity (Wildman–Crippen MR) is 122 cm³/mol. The van der Waals surface area contributed by atoms with Crippen LogP contribution in [0.2, 0.25) is 0 Å². The number of aliphatic hydroxyl groups excluding tert-OH is 1. The molecule has 2 aliphatic rings. The van der Waals surface area contributed by atoms with Crippen LogP contribution in [0.1, 0.15) is 80.2 Å². The molecule has 1 aromatic heterocycles. The highest BCUT2D eigenvalue weighted by Crippen LogP contribution is 2.38. The highest BCUT2D eigenvalue weighted by molar-refractivity contribution is 6.00. The molecule has 2 aliphatic carbocycles. The number of fused-ring (bicyclic) bond motifs is 1. The molecule has 8 heteroatoms. The van der Waals surface area contributed by atoms with Crippen molar-refractivity contribution in [1.29, 1.82) is 5.26 Å². The number of nitrogens with zero attached hydrogens (tertiary/aromatic N) is 3. The summed E-state index contributed by atoms with van der Waals surface area (Å²) in [5, 5.41) is 27.6. The molecule has 0 aliphatic heterocycles. The second kappa shape index (κ2) is 8.99. The third-order valence-corrected chi connectivity index (χ3v) is 6.45. The van der Waals surface area contributed by atoms with E-state index in [-0.39, 0.29) is 30.0 Å². The average molecular weight is 451 g/mol. The maximum atomic E-state index is 13.0. The van der Waals surface area contributed by atoms with Crippen LogP contribution in [0, 0.1) is 16.7 Å². The van der Waals surface area contributed by atoms with Crippen LogP contribution in [0.25, 0.3) is 5.69 Å². The van der Waals surface area contributed by atoms with E-state index in [9.17, 15) is 20.0 Å². The number of aromatic nitrogens is 2. The molecule has 1 aromatic carbocycles. The van der Waals surface area contributed by atoms with Crippen LogP contribution in [0.5, 0.6) is 0 Å². The van der Waals surface area contributed by atoms with Gasteiger partial charge in [0.25, 0.3) is 0 Å². The van der Waals surface area contributed by atoms with Gasteiger partial charge in [0, 0.05) is 19.4 Å². The average Bonchev–Trinajstić information content (AvgIpc) is 3.11. The van der Waals surface area contributed by atoms with Crippen molar-refractivity contribution in [3.05, 3.63) is 40.7 Å². The molecule has 2 aromatic rings. The van der Waals surface area contributed by atoms with Crippen molar-refractivity contribution in [2.45, 2.75) is 78.0 Å². The van der Waals surface area contributed by atoms with E-state index in [1.807, 2.05) is 12.1 Å². The van der Waals surface area contributed by atoms with Crippen LogP contribution in [-0.2, 0) is 22.6 Å². The van der Waals surface area contributed by atoms with Gasteiger partial charge < -0.3 is 15.2 Å². The SMILES string of the molecule is CC(=O)OCc1nn(-c2ccc(C#N)c(NC3CCC(O)CC3)c2)c2c1C(=O)CC(C)(C)C2. The lowest BCUT2D eigenvalue weighted by molar-refractivity contribution is -0.142. The maximum Gasteiger partial charge on any atom is 0.303 e. The summed E-state index contributed by atoms with van der Waals surface area (Å²) in [6, 6.07) is 7.89. The Hall–Kier alpha value is -3.18. The number of hydrogen-bond acceptors (Lipinski definition) is 7. The zero-order valence-electron chi connectivity index (χ0n) is 19.4. The molecule has 4 rings (SSSR count). The number of nitriles is 1. The fraction of sp³-hybridized carbons (Fsp3) is 0.520. The highest BCUT2D eigenvalue weighted by Gasteiger charge is 2.37. The first-order valence-corrected chi connectivity index (χ1v) is 11.4. The molecule has 0 unspecified atom stereocenters. The Labute approximate surface area is 193 Å². The Balaban J connectivity index is 1.74. The van der Waals surface area contributed by atoms with E-state index in [4.69, 9.17) is 4.74 Å². The summed E-state index contributed by atoms with van der Waals surface area (Å²) >= 11 is 0. The number of esters is 1. The van der Waals surface area contributed by atoms with E-state index in [1.54, 1.807) is 10.7 Å². The molecule has 0 spiro atoms. The van der Waals surface area contributed by atoms with Crippen LogP contribution in [0.4, 0.5) is 5.69 Å². The Kier molecular flexibility index (Phi) is 6.26. The number of hydrogen-bond donors (Lipinski definition) is 2. The Morgan fingerprint density at radius 1 is 1.30 bits per heavy atom. The number of Topliss-reactive ketones (excluding diaryl/α,β-unsaturated/α-hetero) is 1. The second-order valence-electron chi connectivity index (χ2n) is 9.89. The zero-order chi connectivity index (χ0) is 23.8. The van der Waals surface area contributed by atoms with Crippen molar-refractivity contribution in [2.24, 2.45) is 5.41 Å². The molecule has 33 heavy (non-hydrogen) atoms. The fourth-order valence-corrected chi connectivity index (χ4v) is 4.83. The fourth-order valence-electron chi connectivity index (χ4n) is 4.83. The predicted octanol–water partition coefficient (Wildman–Crippen LogP) is 3.68. The lowest BCUT2D eigenvalue weighted by atomic mass is 9.75. The molecular formula is C25H30N4O4. The second-order valence-corrected chi connectivity index (χ2v) is 9.89. The number of ether oxygens (including phenoxy) is 1. The number of carbonyl (C=O) groups is 2. The topological polar surface area (TPSA) is 117 Å². The van der Waals surface area contributed by atoms with Crippen molar-refractivity contribution < 1.29 is 19.4 Å². The number of carbonyl (C=O) groups excluding carboxylic acids is 2. The number of ketones is 1. The third kappa shape index (κ3) is 4.93. The van der Waals surface area contributed by atoms with Crippen molar-refractivity contribution in [3.63, 3.8) is 0 Å². The molecular weight excluding hydrogens is 420 g/mol. The van der Waals surface area contributed by atoms with Gasteiger partial charge >= 0.3 is 5.97 Å². The molecule has 1 fully saturated rings. The Morgan fingerprint density at radius 2 is 2.03 bits per heavy atom. The summed E-state index contributed by atoms with van der Waals surface area (Å²) in [5.41, 5.74) is 3.57. The summed E-state index contributed by atoms with van der Waals surface area (Å²) in [6.45, 7) is 5.39. The van der Waals surface area contributed by atoms with E-state index >= 15 is 0 Å². The van der Waals surface area contributed by atoms with E-state index in [0.29, 0.717) is 35.3 Å². The number of benzene rings is 1. The molecule has 0 atom stereocenters. The number of anilines is 1. The standard InChI is InChI=1S/C25H30N4O4/c1-15(30)33-14-21-24-22(11-25(2,3)12-23(24)32)29(28-21)18-7-4-16(13-26)20(10-18)27-17-5-8-19(31)9-6-17/h4,7,10,17,19,27,31H,5-6,8-9,11-12,14H2,1-3H3. The van der Waals surface area contributed by atoms with Gasteiger partial charge in [-0.25, -0.2) is 4.68 Å². The largest absolute Gasteiger partial charge is 0.459 e. The molecule has 8 nitrogen and oxygen atoms in total. The maximum absolute atomic E-state index is 13.0. The van der Waals surface area contributed by atoms with Gasteiger partial charge in [0.05, 0.1) is 34.3 Å². The van der Waals surface area contributed by atoms with E-state index in [1.165, 1.54) is 6.92 Å². The summed E-state index contributed by atoms with van der Waals surface area (Å²) in [4.78, 5) is 24.4. The first-order chi connectivity index (χ1) is 15.7. The van der Waals surface area contributed by atoms with Gasteiger partial charge in [-0.2, -0.15) is 10.4 Å². The number of aliphatic hydroxyl groups is 1. The van der Waals surface area contributed by atoms with Crippen molar-refractivity contribution in [2.75, 3.05) is 5.32 Å². The Morgan fingerprint density at radius 3 is 2.70 bits per heavy atom. The summed E-state index contributed by atoms with van der Waals surface area (Å²) in [5.74, 6) is -0.424. The quantitative estimate of drug-likeness (QED) is 0.667. The number of rotatable bonds is 5. The molecule has 1 heterocycles. The monoisotopic (exact) mass is 450 g/mol. The first-order valence-electron chi connectivity index (χ1n) is 11.4. The highest BCUT2D eigenvalue weighted by atomic mass is 16.5. The third-order valence-electron chi connectivity index (χ3n) is 6.45. The van der Waals surface area contributed by atoms with Crippen LogP contribution in [0.15, 0.2) is 18.2 Å². The van der Waals surface area contributed by atoms with Crippen LogP contribution >= 0.6 is 0 Å². The molecule has 0 saturated heterocycles. The molecule has 0 amide bonds. The van der Waals surface area contributed by atoms with Crippen LogP contribution < -0.4 is 5.32 Å². The van der Waals surface area contributed by atoms with Gasteiger partial charge in [-0.15, -0.1) is 0 Å². The van der Waals surface area contributed by atoms with Gasteiger partial charge in [-0.1, -0.05) is 13.8 Å². The van der Waals surface area contributed by atoms with Gasteiger partial charge in [-0.3, -0.25) is 9.59 Å². The van der Waals surface area contributed by atoms with E-state index in [2.05, 4.69) is 30.3 Å². The van der Waals surface area contributed by atoms with Crippen molar-refractivity contribution in [3.8, 4) is 11.8 Å².